The molecule has 20 heavy (non-hydrogen) atoms. The van der Waals surface area contributed by atoms with Crippen LogP contribution in [0.4, 0.5) is 0 Å². The van der Waals surface area contributed by atoms with E-state index in [0.29, 0.717) is 22.9 Å². The fourth-order valence-corrected chi connectivity index (χ4v) is 2.41. The zero-order valence-corrected chi connectivity index (χ0v) is 12.2. The van der Waals surface area contributed by atoms with Crippen LogP contribution in [0, 0.1) is 6.92 Å². The summed E-state index contributed by atoms with van der Waals surface area (Å²) in [6.45, 7) is 2.26. The third-order valence-corrected chi connectivity index (χ3v) is 3.57. The van der Waals surface area contributed by atoms with E-state index in [2.05, 4.69) is 4.98 Å². The highest BCUT2D eigenvalue weighted by molar-refractivity contribution is 7.09. The van der Waals surface area contributed by atoms with Crippen LogP contribution in [0.5, 0.6) is 5.75 Å². The first-order chi connectivity index (χ1) is 9.54. The molecule has 1 N–H and O–H groups in total. The summed E-state index contributed by atoms with van der Waals surface area (Å²) in [6.07, 6.45) is 2.50. The molecule has 1 aromatic carbocycles. The maximum Gasteiger partial charge on any atom is 0.328 e. The Morgan fingerprint density at radius 3 is 3.00 bits per heavy atom. The van der Waals surface area contributed by atoms with Gasteiger partial charge >= 0.3 is 5.97 Å². The van der Waals surface area contributed by atoms with Gasteiger partial charge in [-0.2, -0.15) is 0 Å². The van der Waals surface area contributed by atoms with Gasteiger partial charge in [0.05, 0.1) is 0 Å². The summed E-state index contributed by atoms with van der Waals surface area (Å²) < 4.78 is 5.67. The van der Waals surface area contributed by atoms with Crippen molar-refractivity contribution in [2.24, 2.45) is 0 Å². The van der Waals surface area contributed by atoms with Crippen LogP contribution in [-0.4, -0.2) is 16.1 Å². The fraction of sp³-hybridized carbons (Fsp3) is 0.143. The van der Waals surface area contributed by atoms with Crippen molar-refractivity contribution in [2.45, 2.75) is 13.5 Å². The summed E-state index contributed by atoms with van der Waals surface area (Å²) in [6, 6.07) is 5.07. The van der Waals surface area contributed by atoms with E-state index in [1.807, 2.05) is 12.3 Å². The topological polar surface area (TPSA) is 59.4 Å². The summed E-state index contributed by atoms with van der Waals surface area (Å²) in [4.78, 5) is 14.9. The second-order valence-electron chi connectivity index (χ2n) is 4.03. The summed E-state index contributed by atoms with van der Waals surface area (Å²) in [5.74, 6) is -0.453. The van der Waals surface area contributed by atoms with Crippen LogP contribution in [0.1, 0.15) is 16.3 Å². The lowest BCUT2D eigenvalue weighted by Gasteiger charge is -2.08. The molecule has 0 aliphatic rings. The quantitative estimate of drug-likeness (QED) is 0.854. The van der Waals surface area contributed by atoms with E-state index in [9.17, 15) is 4.79 Å². The number of halogens is 1. The van der Waals surface area contributed by atoms with Crippen molar-refractivity contribution in [3.8, 4) is 5.75 Å². The van der Waals surface area contributed by atoms with Crippen molar-refractivity contribution < 1.29 is 14.6 Å². The van der Waals surface area contributed by atoms with Crippen LogP contribution < -0.4 is 4.74 Å². The number of aliphatic carboxylic acids is 1. The molecule has 1 heterocycles. The van der Waals surface area contributed by atoms with Gasteiger partial charge in [-0.1, -0.05) is 11.6 Å². The van der Waals surface area contributed by atoms with E-state index in [4.69, 9.17) is 21.4 Å². The lowest BCUT2D eigenvalue weighted by molar-refractivity contribution is -0.131. The number of nitrogens with zero attached hydrogens (tertiary/aromatic N) is 1. The number of hydrogen-bond acceptors (Lipinski definition) is 4. The summed E-state index contributed by atoms with van der Waals surface area (Å²) >= 11 is 7.43. The molecule has 0 fully saturated rings. The van der Waals surface area contributed by atoms with Crippen molar-refractivity contribution in [3.63, 3.8) is 0 Å². The van der Waals surface area contributed by atoms with Gasteiger partial charge in [-0.25, -0.2) is 9.78 Å². The van der Waals surface area contributed by atoms with Gasteiger partial charge in [-0.05, 0) is 31.2 Å². The average Bonchev–Trinajstić information content (AvgIpc) is 2.81. The lowest BCUT2D eigenvalue weighted by atomic mass is 10.2. The molecule has 0 radical (unpaired) electrons. The van der Waals surface area contributed by atoms with Gasteiger partial charge < -0.3 is 9.84 Å². The van der Waals surface area contributed by atoms with Crippen LogP contribution in [0.2, 0.25) is 5.02 Å². The van der Waals surface area contributed by atoms with Crippen LogP contribution in [-0.2, 0) is 11.4 Å². The number of ether oxygens (including phenoxy) is 1. The normalized spacial score (nSPS) is 10.9. The van der Waals surface area contributed by atoms with E-state index in [-0.39, 0.29) is 0 Å². The first kappa shape index (κ1) is 14.6. The fourth-order valence-electron chi connectivity index (χ4n) is 1.55. The molecule has 6 heteroatoms. The molecule has 104 valence electrons. The van der Waals surface area contributed by atoms with Gasteiger partial charge in [0.2, 0.25) is 0 Å². The van der Waals surface area contributed by atoms with Gasteiger partial charge in [0.15, 0.2) is 0 Å². The number of rotatable bonds is 5. The van der Waals surface area contributed by atoms with Gasteiger partial charge in [0, 0.05) is 27.7 Å². The Bertz CT molecular complexity index is 652. The number of carbonyl (C=O) groups is 1. The Hall–Kier alpha value is -1.85. The summed E-state index contributed by atoms with van der Waals surface area (Å²) in [5.41, 5.74) is 1.57. The van der Waals surface area contributed by atoms with Crippen molar-refractivity contribution in [3.05, 3.63) is 50.9 Å². The molecule has 4 nitrogen and oxygen atoms in total. The minimum atomic E-state index is -1.02. The number of benzene rings is 1. The minimum Gasteiger partial charge on any atom is -0.486 e. The summed E-state index contributed by atoms with van der Waals surface area (Å²) in [5, 5.41) is 12.0. The SMILES string of the molecule is Cc1csc(COc2ccc(Cl)cc2/C=C/C(=O)O)n1. The average molecular weight is 310 g/mol. The zero-order chi connectivity index (χ0) is 14.5. The second kappa shape index (κ2) is 6.54. The first-order valence-electron chi connectivity index (χ1n) is 5.79. The molecular formula is C14H12ClNO3S. The predicted octanol–water partition coefficient (Wildman–Crippen LogP) is 3.78. The molecule has 0 saturated heterocycles. The number of carboxylic acid groups (broad SMARTS) is 1. The molecule has 0 amide bonds. The van der Waals surface area contributed by atoms with Crippen LogP contribution in [0.25, 0.3) is 6.08 Å². The Morgan fingerprint density at radius 1 is 1.55 bits per heavy atom. The Labute approximate surface area is 125 Å². The van der Waals surface area contributed by atoms with E-state index >= 15 is 0 Å². The largest absolute Gasteiger partial charge is 0.486 e. The van der Waals surface area contributed by atoms with Crippen molar-refractivity contribution in [1.82, 2.24) is 4.98 Å². The van der Waals surface area contributed by atoms with Crippen molar-refractivity contribution in [1.29, 1.82) is 0 Å². The highest BCUT2D eigenvalue weighted by Crippen LogP contribution is 2.25. The number of thiazole rings is 1. The lowest BCUT2D eigenvalue weighted by Crippen LogP contribution is -1.97. The molecule has 0 aliphatic heterocycles. The van der Waals surface area contributed by atoms with Crippen LogP contribution in [0.3, 0.4) is 0 Å². The molecule has 0 bridgehead atoms. The van der Waals surface area contributed by atoms with Gasteiger partial charge in [0.25, 0.3) is 0 Å². The standard InChI is InChI=1S/C14H12ClNO3S/c1-9-8-20-13(16-9)7-19-12-4-3-11(15)6-10(12)2-5-14(17)18/h2-6,8H,7H2,1H3,(H,17,18)/b5-2+. The third kappa shape index (κ3) is 4.08. The molecule has 2 aromatic rings. The number of aromatic nitrogens is 1. The van der Waals surface area contributed by atoms with E-state index in [1.54, 1.807) is 18.2 Å². The Balaban J connectivity index is 2.15. The summed E-state index contributed by atoms with van der Waals surface area (Å²) in [7, 11) is 0. The third-order valence-electron chi connectivity index (χ3n) is 2.40. The molecule has 0 atom stereocenters. The minimum absolute atomic E-state index is 0.341. The van der Waals surface area contributed by atoms with E-state index in [1.165, 1.54) is 17.4 Å². The maximum atomic E-state index is 10.6. The molecule has 0 saturated carbocycles. The number of hydrogen-bond donors (Lipinski definition) is 1. The maximum absolute atomic E-state index is 10.6. The van der Waals surface area contributed by atoms with Crippen molar-refractivity contribution >= 4 is 35.0 Å². The Kier molecular flexibility index (Phi) is 4.76. The molecule has 0 aliphatic carbocycles. The first-order valence-corrected chi connectivity index (χ1v) is 7.05. The number of aryl methyl sites for hydroxylation is 1. The smallest absolute Gasteiger partial charge is 0.328 e. The predicted molar refractivity (Wildman–Crippen MR) is 79.3 cm³/mol. The molecule has 0 unspecified atom stereocenters. The molecule has 2 rings (SSSR count). The van der Waals surface area contributed by atoms with Crippen molar-refractivity contribution in [2.75, 3.05) is 0 Å². The second-order valence-corrected chi connectivity index (χ2v) is 5.40. The van der Waals surface area contributed by atoms with Gasteiger partial charge in [0.1, 0.15) is 17.4 Å². The molecule has 1 aromatic heterocycles. The monoisotopic (exact) mass is 309 g/mol. The van der Waals surface area contributed by atoms with Gasteiger partial charge in [-0.3, -0.25) is 0 Å². The van der Waals surface area contributed by atoms with Gasteiger partial charge in [-0.15, -0.1) is 11.3 Å². The Morgan fingerprint density at radius 2 is 2.35 bits per heavy atom. The van der Waals surface area contributed by atoms with E-state index in [0.717, 1.165) is 16.8 Å². The molecular weight excluding hydrogens is 298 g/mol. The highest BCUT2D eigenvalue weighted by Gasteiger charge is 2.05. The van der Waals surface area contributed by atoms with Crippen LogP contribution >= 0.6 is 22.9 Å². The number of carboxylic acids is 1. The zero-order valence-electron chi connectivity index (χ0n) is 10.7. The van der Waals surface area contributed by atoms with Crippen LogP contribution in [0.15, 0.2) is 29.7 Å². The highest BCUT2D eigenvalue weighted by atomic mass is 35.5. The molecule has 0 spiro atoms. The van der Waals surface area contributed by atoms with E-state index < -0.39 is 5.97 Å².